The third-order valence-corrected chi connectivity index (χ3v) is 2.38. The summed E-state index contributed by atoms with van der Waals surface area (Å²) in [6.45, 7) is 1.69. The molecule has 0 aliphatic carbocycles. The molecular formula is C11H9ClFN3O2. The fourth-order valence-corrected chi connectivity index (χ4v) is 1.51. The van der Waals surface area contributed by atoms with E-state index in [9.17, 15) is 9.18 Å². The molecular weight excluding hydrogens is 261 g/mol. The smallest absolute Gasteiger partial charge is 0.254 e. The molecule has 0 unspecified atom stereocenters. The Kier molecular flexibility index (Phi) is 3.57. The third-order valence-electron chi connectivity index (χ3n) is 2.15. The van der Waals surface area contributed by atoms with Crippen molar-refractivity contribution in [1.82, 2.24) is 15.5 Å². The van der Waals surface area contributed by atoms with Gasteiger partial charge in [-0.1, -0.05) is 16.8 Å². The third kappa shape index (κ3) is 2.84. The summed E-state index contributed by atoms with van der Waals surface area (Å²) in [6, 6.07) is 3.76. The van der Waals surface area contributed by atoms with Gasteiger partial charge in [0, 0.05) is 11.9 Å². The van der Waals surface area contributed by atoms with Gasteiger partial charge in [-0.2, -0.15) is 4.98 Å². The number of benzene rings is 1. The van der Waals surface area contributed by atoms with E-state index in [4.69, 9.17) is 16.1 Å². The maximum atomic E-state index is 13.4. The molecule has 1 heterocycles. The SMILES string of the molecule is Cc1nc(CNC(=O)c2cc(Cl)ccc2F)no1. The normalized spacial score (nSPS) is 10.4. The summed E-state index contributed by atoms with van der Waals surface area (Å²) in [4.78, 5) is 15.6. The number of hydrogen-bond donors (Lipinski definition) is 1. The van der Waals surface area contributed by atoms with Gasteiger partial charge >= 0.3 is 0 Å². The average molecular weight is 270 g/mol. The van der Waals surface area contributed by atoms with E-state index < -0.39 is 11.7 Å². The first-order valence-electron chi connectivity index (χ1n) is 5.08. The van der Waals surface area contributed by atoms with E-state index in [2.05, 4.69) is 15.5 Å². The topological polar surface area (TPSA) is 68.0 Å². The Labute approximate surface area is 107 Å². The minimum atomic E-state index is -0.638. The van der Waals surface area contributed by atoms with Crippen LogP contribution in [0.25, 0.3) is 0 Å². The molecule has 0 fully saturated rings. The van der Waals surface area contributed by atoms with Crippen molar-refractivity contribution in [2.45, 2.75) is 13.5 Å². The highest BCUT2D eigenvalue weighted by atomic mass is 35.5. The number of nitrogens with zero attached hydrogens (tertiary/aromatic N) is 2. The fraction of sp³-hybridized carbons (Fsp3) is 0.182. The van der Waals surface area contributed by atoms with Crippen molar-refractivity contribution >= 4 is 17.5 Å². The highest BCUT2D eigenvalue weighted by Crippen LogP contribution is 2.14. The van der Waals surface area contributed by atoms with Gasteiger partial charge in [0.25, 0.3) is 5.91 Å². The van der Waals surface area contributed by atoms with Crippen LogP contribution in [0, 0.1) is 12.7 Å². The number of aromatic nitrogens is 2. The molecule has 2 aromatic rings. The van der Waals surface area contributed by atoms with Crippen molar-refractivity contribution in [3.05, 3.63) is 46.3 Å². The van der Waals surface area contributed by atoms with Gasteiger partial charge in [-0.05, 0) is 18.2 Å². The van der Waals surface area contributed by atoms with Crippen molar-refractivity contribution in [3.8, 4) is 0 Å². The Hall–Kier alpha value is -1.95. The van der Waals surface area contributed by atoms with Crippen molar-refractivity contribution < 1.29 is 13.7 Å². The Morgan fingerprint density at radius 3 is 3.00 bits per heavy atom. The zero-order chi connectivity index (χ0) is 13.1. The molecule has 0 spiro atoms. The second-order valence-corrected chi connectivity index (χ2v) is 3.97. The largest absolute Gasteiger partial charge is 0.345 e. The van der Waals surface area contributed by atoms with Gasteiger partial charge in [0.05, 0.1) is 12.1 Å². The lowest BCUT2D eigenvalue weighted by Crippen LogP contribution is -2.24. The molecule has 2 rings (SSSR count). The van der Waals surface area contributed by atoms with Crippen molar-refractivity contribution in [1.29, 1.82) is 0 Å². The Morgan fingerprint density at radius 2 is 2.33 bits per heavy atom. The minimum absolute atomic E-state index is 0.0577. The Morgan fingerprint density at radius 1 is 1.56 bits per heavy atom. The maximum Gasteiger partial charge on any atom is 0.254 e. The summed E-state index contributed by atoms with van der Waals surface area (Å²) in [5, 5.41) is 6.36. The summed E-state index contributed by atoms with van der Waals surface area (Å²) < 4.78 is 18.1. The molecule has 0 bridgehead atoms. The van der Waals surface area contributed by atoms with E-state index in [-0.39, 0.29) is 17.1 Å². The summed E-state index contributed by atoms with van der Waals surface area (Å²) in [6.07, 6.45) is 0. The number of halogens is 2. The first-order valence-corrected chi connectivity index (χ1v) is 5.46. The second kappa shape index (κ2) is 5.14. The summed E-state index contributed by atoms with van der Waals surface area (Å²) >= 11 is 5.70. The molecule has 0 atom stereocenters. The first-order chi connectivity index (χ1) is 8.56. The standard InChI is InChI=1S/C11H9ClFN3O2/c1-6-15-10(16-18-6)5-14-11(17)8-4-7(12)2-3-9(8)13/h2-4H,5H2,1H3,(H,14,17). The zero-order valence-corrected chi connectivity index (χ0v) is 10.2. The summed E-state index contributed by atoms with van der Waals surface area (Å²) in [5.74, 6) is -0.505. The van der Waals surface area contributed by atoms with Gasteiger partial charge in [-0.15, -0.1) is 0 Å². The molecule has 0 aliphatic heterocycles. The van der Waals surface area contributed by atoms with Crippen LogP contribution in [0.5, 0.6) is 0 Å². The monoisotopic (exact) mass is 269 g/mol. The lowest BCUT2D eigenvalue weighted by atomic mass is 10.2. The molecule has 0 saturated heterocycles. The summed E-state index contributed by atoms with van der Waals surface area (Å²) in [7, 11) is 0. The van der Waals surface area contributed by atoms with Crippen molar-refractivity contribution in [2.24, 2.45) is 0 Å². The maximum absolute atomic E-state index is 13.4. The van der Waals surface area contributed by atoms with Crippen LogP contribution in [0.15, 0.2) is 22.7 Å². The molecule has 0 radical (unpaired) electrons. The highest BCUT2D eigenvalue weighted by molar-refractivity contribution is 6.30. The van der Waals surface area contributed by atoms with E-state index in [0.29, 0.717) is 11.7 Å². The number of amides is 1. The average Bonchev–Trinajstić information content (AvgIpc) is 2.75. The summed E-state index contributed by atoms with van der Waals surface area (Å²) in [5.41, 5.74) is -0.122. The molecule has 94 valence electrons. The highest BCUT2D eigenvalue weighted by Gasteiger charge is 2.13. The molecule has 18 heavy (non-hydrogen) atoms. The lowest BCUT2D eigenvalue weighted by Gasteiger charge is -2.04. The molecule has 1 aromatic carbocycles. The van der Waals surface area contributed by atoms with Gasteiger partial charge in [0.2, 0.25) is 5.89 Å². The van der Waals surface area contributed by atoms with E-state index in [1.165, 1.54) is 12.1 Å². The number of nitrogens with one attached hydrogen (secondary N) is 1. The molecule has 5 nitrogen and oxygen atoms in total. The molecule has 1 N–H and O–H groups in total. The first kappa shape index (κ1) is 12.5. The van der Waals surface area contributed by atoms with Gasteiger partial charge in [-0.3, -0.25) is 4.79 Å². The van der Waals surface area contributed by atoms with Crippen molar-refractivity contribution in [2.75, 3.05) is 0 Å². The van der Waals surface area contributed by atoms with Crippen LogP contribution < -0.4 is 5.32 Å². The van der Waals surface area contributed by atoms with Crippen LogP contribution in [0.1, 0.15) is 22.1 Å². The second-order valence-electron chi connectivity index (χ2n) is 3.54. The van der Waals surface area contributed by atoms with E-state index in [0.717, 1.165) is 6.07 Å². The number of rotatable bonds is 3. The van der Waals surface area contributed by atoms with Gasteiger partial charge in [0.1, 0.15) is 5.82 Å². The van der Waals surface area contributed by atoms with Crippen LogP contribution in [0.3, 0.4) is 0 Å². The Balaban J connectivity index is 2.05. The number of carbonyl (C=O) groups excluding carboxylic acids is 1. The number of carbonyl (C=O) groups is 1. The Bertz CT molecular complexity index is 585. The molecule has 1 amide bonds. The predicted molar refractivity (Wildman–Crippen MR) is 61.6 cm³/mol. The van der Waals surface area contributed by atoms with Gasteiger partial charge in [0.15, 0.2) is 5.82 Å². The van der Waals surface area contributed by atoms with Crippen LogP contribution in [0.4, 0.5) is 4.39 Å². The predicted octanol–water partition coefficient (Wildman–Crippen LogP) is 2.10. The van der Waals surface area contributed by atoms with Crippen LogP contribution in [-0.4, -0.2) is 16.0 Å². The number of hydrogen-bond acceptors (Lipinski definition) is 4. The molecule has 0 aliphatic rings. The fourth-order valence-electron chi connectivity index (χ4n) is 1.34. The molecule has 1 aromatic heterocycles. The van der Waals surface area contributed by atoms with Crippen molar-refractivity contribution in [3.63, 3.8) is 0 Å². The number of aryl methyl sites for hydroxylation is 1. The van der Waals surface area contributed by atoms with Gasteiger partial charge in [-0.25, -0.2) is 4.39 Å². The minimum Gasteiger partial charge on any atom is -0.345 e. The van der Waals surface area contributed by atoms with Gasteiger partial charge < -0.3 is 9.84 Å². The molecule has 0 saturated carbocycles. The van der Waals surface area contributed by atoms with E-state index in [1.807, 2.05) is 0 Å². The van der Waals surface area contributed by atoms with E-state index in [1.54, 1.807) is 6.92 Å². The quantitative estimate of drug-likeness (QED) is 0.926. The zero-order valence-electron chi connectivity index (χ0n) is 9.41. The lowest BCUT2D eigenvalue weighted by molar-refractivity contribution is 0.0945. The van der Waals surface area contributed by atoms with Crippen LogP contribution >= 0.6 is 11.6 Å². The molecule has 7 heteroatoms. The van der Waals surface area contributed by atoms with Crippen LogP contribution in [0.2, 0.25) is 5.02 Å². The van der Waals surface area contributed by atoms with E-state index >= 15 is 0 Å². The van der Waals surface area contributed by atoms with Crippen LogP contribution in [-0.2, 0) is 6.54 Å².